The Kier molecular flexibility index (Phi) is 4.56. The Morgan fingerprint density at radius 2 is 1.86 bits per heavy atom. The minimum Gasteiger partial charge on any atom is -0.367 e. The van der Waals surface area contributed by atoms with E-state index in [0.717, 1.165) is 24.0 Å². The fraction of sp³-hybridized carbons (Fsp3) is 0.444. The maximum absolute atomic E-state index is 4.70. The minimum atomic E-state index is 0.571. The van der Waals surface area contributed by atoms with E-state index in [0.29, 0.717) is 6.04 Å². The molecule has 0 saturated heterocycles. The van der Waals surface area contributed by atoms with Crippen molar-refractivity contribution >= 4 is 11.8 Å². The fourth-order valence-corrected chi connectivity index (χ4v) is 3.00. The molecule has 22 heavy (non-hydrogen) atoms. The zero-order valence-electron chi connectivity index (χ0n) is 13.4. The van der Waals surface area contributed by atoms with Crippen LogP contribution in [0.1, 0.15) is 36.9 Å². The summed E-state index contributed by atoms with van der Waals surface area (Å²) in [6, 6.07) is 13.0. The lowest BCUT2D eigenvalue weighted by molar-refractivity contribution is 0.747. The van der Waals surface area contributed by atoms with Crippen LogP contribution in [0, 0.1) is 6.92 Å². The van der Waals surface area contributed by atoms with Crippen molar-refractivity contribution in [2.75, 3.05) is 17.3 Å². The summed E-state index contributed by atoms with van der Waals surface area (Å²) in [7, 11) is 2.04. The van der Waals surface area contributed by atoms with Crippen LogP contribution < -0.4 is 10.2 Å². The molecule has 3 rings (SSSR count). The Morgan fingerprint density at radius 3 is 2.59 bits per heavy atom. The van der Waals surface area contributed by atoms with Crippen molar-refractivity contribution < 1.29 is 0 Å². The van der Waals surface area contributed by atoms with E-state index in [9.17, 15) is 0 Å². The van der Waals surface area contributed by atoms with Gasteiger partial charge in [-0.2, -0.15) is 4.98 Å². The lowest BCUT2D eigenvalue weighted by atomic mass is 10.2. The zero-order chi connectivity index (χ0) is 15.4. The molecule has 1 N–H and O–H groups in total. The molecular formula is C18H24N4. The van der Waals surface area contributed by atoms with Crippen LogP contribution >= 0.6 is 0 Å². The highest BCUT2D eigenvalue weighted by atomic mass is 15.2. The predicted molar refractivity (Wildman–Crippen MR) is 91.2 cm³/mol. The van der Waals surface area contributed by atoms with Gasteiger partial charge in [-0.25, -0.2) is 4.98 Å². The van der Waals surface area contributed by atoms with Crippen molar-refractivity contribution in [2.45, 2.75) is 45.2 Å². The number of nitrogens with zero attached hydrogens (tertiary/aromatic N) is 3. The minimum absolute atomic E-state index is 0.571. The monoisotopic (exact) mass is 296 g/mol. The first-order valence-electron chi connectivity index (χ1n) is 8.08. The van der Waals surface area contributed by atoms with E-state index >= 15 is 0 Å². The standard InChI is InChI=1S/C18H24N4/c1-14-12-17(20-16-10-6-7-11-16)21-18(19-14)22(2)13-15-8-4-3-5-9-15/h3-5,8-9,12,16H,6-7,10-11,13H2,1-2H3,(H,19,20,21). The van der Waals surface area contributed by atoms with Gasteiger partial charge in [-0.15, -0.1) is 0 Å². The molecule has 1 fully saturated rings. The van der Waals surface area contributed by atoms with Gasteiger partial charge in [0.05, 0.1) is 0 Å². The van der Waals surface area contributed by atoms with Gasteiger partial charge >= 0.3 is 0 Å². The molecule has 0 unspecified atom stereocenters. The van der Waals surface area contributed by atoms with Crippen molar-refractivity contribution in [3.63, 3.8) is 0 Å². The van der Waals surface area contributed by atoms with Crippen LogP contribution in [0.5, 0.6) is 0 Å². The maximum atomic E-state index is 4.70. The van der Waals surface area contributed by atoms with E-state index in [2.05, 4.69) is 39.5 Å². The summed E-state index contributed by atoms with van der Waals surface area (Å²) in [4.78, 5) is 11.4. The molecule has 2 aromatic rings. The SMILES string of the molecule is Cc1cc(NC2CCCC2)nc(N(C)Cc2ccccc2)n1. The average Bonchev–Trinajstić information content (AvgIpc) is 3.00. The highest BCUT2D eigenvalue weighted by Gasteiger charge is 2.16. The summed E-state index contributed by atoms with van der Waals surface area (Å²) in [5.74, 6) is 1.73. The molecule has 0 bridgehead atoms. The van der Waals surface area contributed by atoms with Gasteiger partial charge in [0.15, 0.2) is 0 Å². The van der Waals surface area contributed by atoms with E-state index < -0.39 is 0 Å². The molecule has 1 aliphatic rings. The van der Waals surface area contributed by atoms with Crippen molar-refractivity contribution in [3.8, 4) is 0 Å². The number of hydrogen-bond acceptors (Lipinski definition) is 4. The van der Waals surface area contributed by atoms with Crippen molar-refractivity contribution in [1.29, 1.82) is 0 Å². The summed E-state index contributed by atoms with van der Waals surface area (Å²) in [6.45, 7) is 2.84. The fourth-order valence-electron chi connectivity index (χ4n) is 3.00. The summed E-state index contributed by atoms with van der Waals surface area (Å²) in [6.07, 6.45) is 5.14. The Balaban J connectivity index is 1.73. The molecule has 1 saturated carbocycles. The van der Waals surface area contributed by atoms with Crippen molar-refractivity contribution in [3.05, 3.63) is 47.7 Å². The Labute approximate surface area is 132 Å². The second-order valence-corrected chi connectivity index (χ2v) is 6.16. The lowest BCUT2D eigenvalue weighted by Gasteiger charge is -2.20. The van der Waals surface area contributed by atoms with Crippen LogP contribution in [0.4, 0.5) is 11.8 Å². The number of benzene rings is 1. The van der Waals surface area contributed by atoms with Gasteiger partial charge < -0.3 is 10.2 Å². The average molecular weight is 296 g/mol. The van der Waals surface area contributed by atoms with E-state index in [1.54, 1.807) is 0 Å². The highest BCUT2D eigenvalue weighted by molar-refractivity contribution is 5.44. The number of hydrogen-bond donors (Lipinski definition) is 1. The van der Waals surface area contributed by atoms with Gasteiger partial charge in [0.25, 0.3) is 0 Å². The van der Waals surface area contributed by atoms with Gasteiger partial charge in [0.1, 0.15) is 5.82 Å². The number of anilines is 2. The van der Waals surface area contributed by atoms with Crippen LogP contribution in [0.2, 0.25) is 0 Å². The predicted octanol–water partition coefficient (Wildman–Crippen LogP) is 3.78. The van der Waals surface area contributed by atoms with Crippen LogP contribution in [0.3, 0.4) is 0 Å². The Morgan fingerprint density at radius 1 is 1.14 bits per heavy atom. The second-order valence-electron chi connectivity index (χ2n) is 6.16. The van der Waals surface area contributed by atoms with Crippen LogP contribution in [0.15, 0.2) is 36.4 Å². The van der Waals surface area contributed by atoms with E-state index in [1.807, 2.05) is 26.1 Å². The largest absolute Gasteiger partial charge is 0.367 e. The van der Waals surface area contributed by atoms with Gasteiger partial charge in [-0.1, -0.05) is 43.2 Å². The van der Waals surface area contributed by atoms with Crippen molar-refractivity contribution in [2.24, 2.45) is 0 Å². The van der Waals surface area contributed by atoms with Gasteiger partial charge in [-0.05, 0) is 25.3 Å². The smallest absolute Gasteiger partial charge is 0.227 e. The number of aryl methyl sites for hydroxylation is 1. The Bertz CT molecular complexity index is 606. The van der Waals surface area contributed by atoms with Crippen LogP contribution in [0.25, 0.3) is 0 Å². The molecule has 1 heterocycles. The van der Waals surface area contributed by atoms with Gasteiger partial charge in [-0.3, -0.25) is 0 Å². The van der Waals surface area contributed by atoms with Gasteiger partial charge in [0, 0.05) is 31.4 Å². The zero-order valence-corrected chi connectivity index (χ0v) is 13.4. The molecule has 1 aliphatic carbocycles. The molecule has 0 amide bonds. The number of nitrogens with one attached hydrogen (secondary N) is 1. The summed E-state index contributed by atoms with van der Waals surface area (Å²) in [5.41, 5.74) is 2.27. The third-order valence-corrected chi connectivity index (χ3v) is 4.15. The summed E-state index contributed by atoms with van der Waals surface area (Å²) >= 11 is 0. The highest BCUT2D eigenvalue weighted by Crippen LogP contribution is 2.23. The third-order valence-electron chi connectivity index (χ3n) is 4.15. The van der Waals surface area contributed by atoms with Crippen LogP contribution in [-0.4, -0.2) is 23.1 Å². The summed E-state index contributed by atoms with van der Waals surface area (Å²) < 4.78 is 0. The van der Waals surface area contributed by atoms with Crippen LogP contribution in [-0.2, 0) is 6.54 Å². The molecule has 4 nitrogen and oxygen atoms in total. The first-order valence-corrected chi connectivity index (χ1v) is 8.08. The van der Waals surface area contributed by atoms with Gasteiger partial charge in [0.2, 0.25) is 5.95 Å². The van der Waals surface area contributed by atoms with E-state index in [1.165, 1.54) is 31.2 Å². The summed E-state index contributed by atoms with van der Waals surface area (Å²) in [5, 5.41) is 3.56. The maximum Gasteiger partial charge on any atom is 0.227 e. The third kappa shape index (κ3) is 3.75. The quantitative estimate of drug-likeness (QED) is 0.911. The molecule has 0 spiro atoms. The lowest BCUT2D eigenvalue weighted by Crippen LogP contribution is -2.21. The molecule has 1 aromatic carbocycles. The van der Waals surface area contributed by atoms with E-state index in [-0.39, 0.29) is 0 Å². The second kappa shape index (κ2) is 6.77. The Hall–Kier alpha value is -2.10. The van der Waals surface area contributed by atoms with Crippen molar-refractivity contribution in [1.82, 2.24) is 9.97 Å². The van der Waals surface area contributed by atoms with E-state index in [4.69, 9.17) is 4.98 Å². The molecule has 1 aromatic heterocycles. The molecule has 116 valence electrons. The number of rotatable bonds is 5. The molecule has 0 atom stereocenters. The number of aromatic nitrogens is 2. The first kappa shape index (κ1) is 14.8. The first-order chi connectivity index (χ1) is 10.7. The molecule has 4 heteroatoms. The molecule has 0 radical (unpaired) electrons. The molecular weight excluding hydrogens is 272 g/mol. The molecule has 0 aliphatic heterocycles. The topological polar surface area (TPSA) is 41.1 Å². The normalized spacial score (nSPS) is 15.0.